The summed E-state index contributed by atoms with van der Waals surface area (Å²) in [4.78, 5) is 47.8. The zero-order valence-corrected chi connectivity index (χ0v) is 13.8. The molecule has 9 heteroatoms. The van der Waals surface area contributed by atoms with Crippen LogP contribution in [-0.2, 0) is 4.79 Å². The average molecular weight is 375 g/mol. The first-order valence-electron chi connectivity index (χ1n) is 7.43. The number of benzene rings is 2. The van der Waals surface area contributed by atoms with Crippen LogP contribution in [0.15, 0.2) is 42.5 Å². The van der Waals surface area contributed by atoms with Gasteiger partial charge in [-0.1, -0.05) is 23.7 Å². The molecule has 0 unspecified atom stereocenters. The van der Waals surface area contributed by atoms with Crippen molar-refractivity contribution in [1.82, 2.24) is 4.90 Å². The minimum absolute atomic E-state index is 0.0257. The van der Waals surface area contributed by atoms with Crippen molar-refractivity contribution in [3.8, 4) is 0 Å². The summed E-state index contributed by atoms with van der Waals surface area (Å²) in [6.45, 7) is 0. The van der Waals surface area contributed by atoms with E-state index in [0.717, 1.165) is 17.0 Å². The van der Waals surface area contributed by atoms with Gasteiger partial charge in [0.25, 0.3) is 17.5 Å². The number of carbonyl (C=O) groups excluding carboxylic acids is 2. The summed E-state index contributed by atoms with van der Waals surface area (Å²) in [5, 5.41) is 20.3. The molecule has 8 nitrogen and oxygen atoms in total. The minimum Gasteiger partial charge on any atom is -0.481 e. The summed E-state index contributed by atoms with van der Waals surface area (Å²) >= 11 is 6.10. The van der Waals surface area contributed by atoms with Crippen LogP contribution in [-0.4, -0.2) is 32.7 Å². The van der Waals surface area contributed by atoms with Crippen LogP contribution in [0, 0.1) is 10.1 Å². The Morgan fingerprint density at radius 3 is 2.23 bits per heavy atom. The molecule has 2 amide bonds. The fourth-order valence-electron chi connectivity index (χ4n) is 2.90. The SMILES string of the molecule is O=C(O)C[C@@H](c1cc([N+](=O)[O-])ccc1Cl)N1C(=O)c2ccccc2C1=O. The summed E-state index contributed by atoms with van der Waals surface area (Å²) in [7, 11) is 0. The quantitative estimate of drug-likeness (QED) is 0.488. The number of carboxylic acid groups (broad SMARTS) is 1. The maximum Gasteiger partial charge on any atom is 0.305 e. The Morgan fingerprint density at radius 2 is 1.73 bits per heavy atom. The summed E-state index contributed by atoms with van der Waals surface area (Å²) in [6, 6.07) is 8.30. The highest BCUT2D eigenvalue weighted by atomic mass is 35.5. The lowest BCUT2D eigenvalue weighted by molar-refractivity contribution is -0.384. The maximum absolute atomic E-state index is 12.7. The lowest BCUT2D eigenvalue weighted by Crippen LogP contribution is -2.35. The fraction of sp³-hybridized carbons (Fsp3) is 0.118. The first-order valence-corrected chi connectivity index (χ1v) is 7.81. The number of halogens is 1. The highest BCUT2D eigenvalue weighted by Crippen LogP contribution is 2.37. The topological polar surface area (TPSA) is 118 Å². The number of nitro benzene ring substituents is 1. The zero-order valence-electron chi connectivity index (χ0n) is 13.1. The van der Waals surface area contributed by atoms with Crippen molar-refractivity contribution in [3.05, 3.63) is 74.3 Å². The number of aliphatic carboxylic acids is 1. The molecule has 1 N–H and O–H groups in total. The van der Waals surface area contributed by atoms with Crippen molar-refractivity contribution in [2.24, 2.45) is 0 Å². The normalized spacial score (nSPS) is 14.3. The van der Waals surface area contributed by atoms with E-state index in [2.05, 4.69) is 0 Å². The van der Waals surface area contributed by atoms with Crippen LogP contribution < -0.4 is 0 Å². The van der Waals surface area contributed by atoms with Gasteiger partial charge < -0.3 is 5.11 Å². The second kappa shape index (κ2) is 6.57. The van der Waals surface area contributed by atoms with Crippen molar-refractivity contribution >= 4 is 35.1 Å². The highest BCUT2D eigenvalue weighted by molar-refractivity contribution is 6.31. The monoisotopic (exact) mass is 374 g/mol. The Labute approximate surface area is 151 Å². The highest BCUT2D eigenvalue weighted by Gasteiger charge is 2.42. The molecule has 0 bridgehead atoms. The van der Waals surface area contributed by atoms with Crippen LogP contribution >= 0.6 is 11.6 Å². The van der Waals surface area contributed by atoms with Gasteiger partial charge in [0, 0.05) is 22.7 Å². The number of nitrogens with zero attached hydrogens (tertiary/aromatic N) is 2. The molecular formula is C17H11ClN2O6. The van der Waals surface area contributed by atoms with Crippen LogP contribution in [0.5, 0.6) is 0 Å². The summed E-state index contributed by atoms with van der Waals surface area (Å²) in [6.07, 6.45) is -0.633. The number of rotatable bonds is 5. The number of hydrogen-bond donors (Lipinski definition) is 1. The Kier molecular flexibility index (Phi) is 4.43. The molecule has 26 heavy (non-hydrogen) atoms. The van der Waals surface area contributed by atoms with E-state index >= 15 is 0 Å². The van der Waals surface area contributed by atoms with E-state index in [4.69, 9.17) is 11.6 Å². The van der Waals surface area contributed by atoms with Gasteiger partial charge in [0.1, 0.15) is 0 Å². The Bertz CT molecular complexity index is 923. The molecule has 0 saturated heterocycles. The third-order valence-corrected chi connectivity index (χ3v) is 4.40. The van der Waals surface area contributed by atoms with Crippen LogP contribution in [0.1, 0.15) is 38.7 Å². The molecule has 2 aromatic carbocycles. The van der Waals surface area contributed by atoms with Gasteiger partial charge >= 0.3 is 5.97 Å². The van der Waals surface area contributed by atoms with Gasteiger partial charge in [0.2, 0.25) is 0 Å². The third kappa shape index (κ3) is 2.91. The largest absolute Gasteiger partial charge is 0.481 e. The number of amides is 2. The number of imide groups is 1. The van der Waals surface area contributed by atoms with E-state index in [9.17, 15) is 29.6 Å². The van der Waals surface area contributed by atoms with Gasteiger partial charge in [0.05, 0.1) is 28.5 Å². The van der Waals surface area contributed by atoms with E-state index in [1.54, 1.807) is 12.1 Å². The Morgan fingerprint density at radius 1 is 1.15 bits per heavy atom. The van der Waals surface area contributed by atoms with E-state index in [-0.39, 0.29) is 27.4 Å². The molecule has 3 rings (SSSR count). The molecule has 0 aliphatic carbocycles. The van der Waals surface area contributed by atoms with Gasteiger partial charge in [-0.05, 0) is 18.2 Å². The Balaban J connectivity index is 2.13. The number of carboxylic acids is 1. The van der Waals surface area contributed by atoms with Crippen molar-refractivity contribution in [3.63, 3.8) is 0 Å². The maximum atomic E-state index is 12.7. The molecule has 0 saturated carbocycles. The number of nitro groups is 1. The zero-order chi connectivity index (χ0) is 19.0. The van der Waals surface area contributed by atoms with Gasteiger partial charge in [-0.2, -0.15) is 0 Å². The number of non-ortho nitro benzene ring substituents is 1. The van der Waals surface area contributed by atoms with Gasteiger partial charge in [0.15, 0.2) is 0 Å². The number of fused-ring (bicyclic) bond motifs is 1. The molecule has 0 fully saturated rings. The first kappa shape index (κ1) is 17.6. The second-order valence-electron chi connectivity index (χ2n) is 5.60. The Hall–Kier alpha value is -3.26. The first-order chi connectivity index (χ1) is 12.3. The smallest absolute Gasteiger partial charge is 0.305 e. The van der Waals surface area contributed by atoms with Gasteiger partial charge in [-0.3, -0.25) is 29.4 Å². The summed E-state index contributed by atoms with van der Waals surface area (Å²) < 4.78 is 0. The summed E-state index contributed by atoms with van der Waals surface area (Å²) in [5.41, 5.74) is -0.00180. The van der Waals surface area contributed by atoms with E-state index in [0.29, 0.717) is 0 Å². The number of hydrogen-bond acceptors (Lipinski definition) is 5. The summed E-state index contributed by atoms with van der Waals surface area (Å²) in [5.74, 6) is -2.62. The standard InChI is InChI=1S/C17H11ClN2O6/c18-13-6-5-9(20(25)26)7-12(13)14(8-15(21)22)19-16(23)10-3-1-2-4-11(10)17(19)24/h1-7,14H,8H2,(H,21,22)/t14-/m0/s1. The molecule has 1 aliphatic heterocycles. The van der Waals surface area contributed by atoms with Crippen LogP contribution in [0.25, 0.3) is 0 Å². The lowest BCUT2D eigenvalue weighted by Gasteiger charge is -2.26. The molecule has 0 radical (unpaired) electrons. The van der Waals surface area contributed by atoms with Gasteiger partial charge in [-0.25, -0.2) is 0 Å². The van der Waals surface area contributed by atoms with Crippen molar-refractivity contribution < 1.29 is 24.4 Å². The van der Waals surface area contributed by atoms with Crippen LogP contribution in [0.3, 0.4) is 0 Å². The second-order valence-corrected chi connectivity index (χ2v) is 6.01. The third-order valence-electron chi connectivity index (χ3n) is 4.05. The fourth-order valence-corrected chi connectivity index (χ4v) is 3.14. The van der Waals surface area contributed by atoms with Crippen molar-refractivity contribution in [1.29, 1.82) is 0 Å². The molecule has 1 heterocycles. The predicted molar refractivity (Wildman–Crippen MR) is 90.0 cm³/mol. The molecule has 0 spiro atoms. The lowest BCUT2D eigenvalue weighted by atomic mass is 10.0. The van der Waals surface area contributed by atoms with Gasteiger partial charge in [-0.15, -0.1) is 0 Å². The van der Waals surface area contributed by atoms with E-state index in [1.807, 2.05) is 0 Å². The number of carbonyl (C=O) groups is 3. The van der Waals surface area contributed by atoms with E-state index in [1.165, 1.54) is 18.2 Å². The minimum atomic E-state index is -1.28. The molecule has 2 aromatic rings. The predicted octanol–water partition coefficient (Wildman–Crippen LogP) is 3.06. The molecule has 1 atom stereocenters. The molecule has 0 aromatic heterocycles. The molecule has 132 valence electrons. The average Bonchev–Trinajstić information content (AvgIpc) is 2.85. The van der Waals surface area contributed by atoms with Crippen molar-refractivity contribution in [2.75, 3.05) is 0 Å². The van der Waals surface area contributed by atoms with Crippen LogP contribution in [0.4, 0.5) is 5.69 Å². The van der Waals surface area contributed by atoms with E-state index < -0.39 is 35.2 Å². The van der Waals surface area contributed by atoms with Crippen LogP contribution in [0.2, 0.25) is 5.02 Å². The molecular weight excluding hydrogens is 364 g/mol. The van der Waals surface area contributed by atoms with Crippen molar-refractivity contribution in [2.45, 2.75) is 12.5 Å². The molecule has 1 aliphatic rings.